The van der Waals surface area contributed by atoms with Gasteiger partial charge in [-0.05, 0) is 36.1 Å². The fraction of sp³-hybridized carbons (Fsp3) is 0.0500. The monoisotopic (exact) mass is 344 g/mol. The summed E-state index contributed by atoms with van der Waals surface area (Å²) in [6.07, 6.45) is 1.83. The van der Waals surface area contributed by atoms with Crippen LogP contribution >= 0.6 is 11.3 Å². The minimum Gasteiger partial charge on any atom is -0.261 e. The van der Waals surface area contributed by atoms with Crippen molar-refractivity contribution >= 4 is 34.3 Å². The van der Waals surface area contributed by atoms with Crippen molar-refractivity contribution in [2.75, 3.05) is 5.43 Å². The summed E-state index contributed by atoms with van der Waals surface area (Å²) in [5.41, 5.74) is 6.18. The van der Waals surface area contributed by atoms with E-state index < -0.39 is 0 Å². The number of rotatable bonds is 4. The number of anilines is 1. The predicted octanol–water partition coefficient (Wildman–Crippen LogP) is 5.11. The SMILES string of the molecule is Cc1ccsc1/C=N/Nc1nc(-c2ccccc2)nc2ccccc12. The summed E-state index contributed by atoms with van der Waals surface area (Å²) in [7, 11) is 0. The number of benzene rings is 2. The van der Waals surface area contributed by atoms with Gasteiger partial charge in [0.1, 0.15) is 0 Å². The largest absolute Gasteiger partial charge is 0.261 e. The first-order valence-corrected chi connectivity index (χ1v) is 8.84. The molecule has 25 heavy (non-hydrogen) atoms. The highest BCUT2D eigenvalue weighted by Crippen LogP contribution is 2.24. The Balaban J connectivity index is 1.74. The summed E-state index contributed by atoms with van der Waals surface area (Å²) in [6, 6.07) is 20.0. The maximum absolute atomic E-state index is 4.68. The van der Waals surface area contributed by atoms with E-state index in [4.69, 9.17) is 0 Å². The smallest absolute Gasteiger partial charge is 0.162 e. The Morgan fingerprint density at radius 1 is 0.960 bits per heavy atom. The average Bonchev–Trinajstić information content (AvgIpc) is 3.07. The van der Waals surface area contributed by atoms with Crippen LogP contribution in [0.15, 0.2) is 71.1 Å². The van der Waals surface area contributed by atoms with Gasteiger partial charge in [-0.3, -0.25) is 5.43 Å². The van der Waals surface area contributed by atoms with Gasteiger partial charge in [-0.2, -0.15) is 5.10 Å². The molecule has 0 aliphatic rings. The molecular weight excluding hydrogens is 328 g/mol. The molecule has 0 radical (unpaired) electrons. The van der Waals surface area contributed by atoms with Crippen LogP contribution in [-0.2, 0) is 0 Å². The fourth-order valence-electron chi connectivity index (χ4n) is 2.55. The number of para-hydroxylation sites is 1. The Labute approximate surface area is 149 Å². The van der Waals surface area contributed by atoms with Crippen LogP contribution in [0.4, 0.5) is 5.82 Å². The molecule has 0 bridgehead atoms. The molecule has 5 heteroatoms. The van der Waals surface area contributed by atoms with E-state index in [1.54, 1.807) is 11.3 Å². The van der Waals surface area contributed by atoms with Gasteiger partial charge in [0, 0.05) is 15.8 Å². The van der Waals surface area contributed by atoms with E-state index in [0.29, 0.717) is 11.6 Å². The van der Waals surface area contributed by atoms with Crippen LogP contribution in [0.2, 0.25) is 0 Å². The maximum atomic E-state index is 4.68. The lowest BCUT2D eigenvalue weighted by Gasteiger charge is -2.08. The third-order valence-corrected chi connectivity index (χ3v) is 4.84. The van der Waals surface area contributed by atoms with E-state index in [1.165, 1.54) is 5.56 Å². The summed E-state index contributed by atoms with van der Waals surface area (Å²) in [5, 5.41) is 7.38. The van der Waals surface area contributed by atoms with Gasteiger partial charge in [0.15, 0.2) is 11.6 Å². The zero-order valence-electron chi connectivity index (χ0n) is 13.7. The predicted molar refractivity (Wildman–Crippen MR) is 105 cm³/mol. The summed E-state index contributed by atoms with van der Waals surface area (Å²) >= 11 is 1.67. The Morgan fingerprint density at radius 2 is 1.76 bits per heavy atom. The first-order chi connectivity index (χ1) is 12.3. The zero-order chi connectivity index (χ0) is 17.1. The minimum absolute atomic E-state index is 0.685. The van der Waals surface area contributed by atoms with Crippen molar-refractivity contribution in [3.63, 3.8) is 0 Å². The Kier molecular flexibility index (Phi) is 4.23. The average molecular weight is 344 g/mol. The van der Waals surface area contributed by atoms with Crippen molar-refractivity contribution in [2.24, 2.45) is 5.10 Å². The highest BCUT2D eigenvalue weighted by atomic mass is 32.1. The second kappa shape index (κ2) is 6.83. The van der Waals surface area contributed by atoms with Gasteiger partial charge >= 0.3 is 0 Å². The first kappa shape index (κ1) is 15.5. The lowest BCUT2D eigenvalue weighted by molar-refractivity contribution is 1.19. The zero-order valence-corrected chi connectivity index (χ0v) is 14.5. The molecule has 0 aliphatic heterocycles. The second-order valence-corrected chi connectivity index (χ2v) is 6.56. The molecule has 1 N–H and O–H groups in total. The number of nitrogens with zero attached hydrogens (tertiary/aromatic N) is 3. The number of hydrogen-bond donors (Lipinski definition) is 1. The summed E-state index contributed by atoms with van der Waals surface area (Å²) in [4.78, 5) is 10.5. The molecule has 4 aromatic rings. The first-order valence-electron chi connectivity index (χ1n) is 7.96. The molecule has 0 saturated carbocycles. The lowest BCUT2D eigenvalue weighted by atomic mass is 10.2. The topological polar surface area (TPSA) is 50.2 Å². The van der Waals surface area contributed by atoms with E-state index in [2.05, 4.69) is 38.9 Å². The molecule has 0 spiro atoms. The molecule has 0 saturated heterocycles. The van der Waals surface area contributed by atoms with Gasteiger partial charge in [-0.15, -0.1) is 11.3 Å². The maximum Gasteiger partial charge on any atom is 0.162 e. The van der Waals surface area contributed by atoms with Crippen LogP contribution in [-0.4, -0.2) is 16.2 Å². The normalized spacial score (nSPS) is 11.2. The van der Waals surface area contributed by atoms with E-state index in [9.17, 15) is 0 Å². The van der Waals surface area contributed by atoms with E-state index in [0.717, 1.165) is 21.3 Å². The van der Waals surface area contributed by atoms with Crippen LogP contribution in [0.5, 0.6) is 0 Å². The molecule has 0 atom stereocenters. The molecule has 2 heterocycles. The lowest BCUT2D eigenvalue weighted by Crippen LogP contribution is -1.99. The summed E-state index contributed by atoms with van der Waals surface area (Å²) < 4.78 is 0. The van der Waals surface area contributed by atoms with Crippen LogP contribution < -0.4 is 5.43 Å². The molecular formula is C20H16N4S. The Morgan fingerprint density at radius 3 is 2.56 bits per heavy atom. The summed E-state index contributed by atoms with van der Waals surface area (Å²) in [5.74, 6) is 1.39. The van der Waals surface area contributed by atoms with Crippen LogP contribution in [0.1, 0.15) is 10.4 Å². The highest BCUT2D eigenvalue weighted by molar-refractivity contribution is 7.11. The Bertz CT molecular complexity index is 1040. The van der Waals surface area contributed by atoms with Crippen LogP contribution in [0, 0.1) is 6.92 Å². The number of hydrogen-bond acceptors (Lipinski definition) is 5. The van der Waals surface area contributed by atoms with Gasteiger partial charge in [0.05, 0.1) is 11.7 Å². The number of fused-ring (bicyclic) bond motifs is 1. The van der Waals surface area contributed by atoms with Gasteiger partial charge in [0.25, 0.3) is 0 Å². The highest BCUT2D eigenvalue weighted by Gasteiger charge is 2.08. The molecule has 0 amide bonds. The summed E-state index contributed by atoms with van der Waals surface area (Å²) in [6.45, 7) is 2.07. The van der Waals surface area contributed by atoms with Gasteiger partial charge in [0.2, 0.25) is 0 Å². The third-order valence-electron chi connectivity index (χ3n) is 3.89. The van der Waals surface area contributed by atoms with Gasteiger partial charge in [-0.25, -0.2) is 9.97 Å². The van der Waals surface area contributed by atoms with E-state index in [1.807, 2.05) is 60.8 Å². The number of thiophene rings is 1. The van der Waals surface area contributed by atoms with Crippen molar-refractivity contribution in [3.05, 3.63) is 76.5 Å². The quantitative estimate of drug-likeness (QED) is 0.413. The van der Waals surface area contributed by atoms with Crippen LogP contribution in [0.3, 0.4) is 0 Å². The molecule has 0 aliphatic carbocycles. The standard InChI is InChI=1S/C20H16N4S/c1-14-11-12-25-18(14)13-21-24-20-16-9-5-6-10-17(16)22-19(23-20)15-7-3-2-4-8-15/h2-13H,1H3,(H,22,23,24)/b21-13+. The molecule has 2 aromatic heterocycles. The third kappa shape index (κ3) is 3.27. The number of nitrogens with one attached hydrogen (secondary N) is 1. The molecule has 4 nitrogen and oxygen atoms in total. The van der Waals surface area contributed by atoms with Crippen molar-refractivity contribution in [1.29, 1.82) is 0 Å². The van der Waals surface area contributed by atoms with Crippen LogP contribution in [0.25, 0.3) is 22.3 Å². The molecule has 0 fully saturated rings. The van der Waals surface area contributed by atoms with Gasteiger partial charge < -0.3 is 0 Å². The van der Waals surface area contributed by atoms with E-state index in [-0.39, 0.29) is 0 Å². The van der Waals surface area contributed by atoms with Crippen molar-refractivity contribution in [2.45, 2.75) is 6.92 Å². The second-order valence-electron chi connectivity index (χ2n) is 5.62. The molecule has 0 unspecified atom stereocenters. The van der Waals surface area contributed by atoms with Crippen molar-refractivity contribution in [1.82, 2.24) is 9.97 Å². The van der Waals surface area contributed by atoms with Crippen molar-refractivity contribution in [3.8, 4) is 11.4 Å². The molecule has 122 valence electrons. The number of aryl methyl sites for hydroxylation is 1. The molecule has 4 rings (SSSR count). The van der Waals surface area contributed by atoms with E-state index >= 15 is 0 Å². The fourth-order valence-corrected chi connectivity index (χ4v) is 3.33. The van der Waals surface area contributed by atoms with Gasteiger partial charge in [-0.1, -0.05) is 42.5 Å². The Hall–Kier alpha value is -3.05. The minimum atomic E-state index is 0.685. The van der Waals surface area contributed by atoms with Crippen molar-refractivity contribution < 1.29 is 0 Å². The number of aromatic nitrogens is 2. The number of hydrazone groups is 1. The molecule has 2 aromatic carbocycles.